The van der Waals surface area contributed by atoms with Gasteiger partial charge in [0.05, 0.1) is 18.1 Å². The fourth-order valence-corrected chi connectivity index (χ4v) is 5.07. The van der Waals surface area contributed by atoms with Crippen molar-refractivity contribution in [3.63, 3.8) is 0 Å². The largest absolute Gasteiger partial charge is 0.412 e. The zero-order valence-corrected chi connectivity index (χ0v) is 17.7. The number of aromatic nitrogens is 2. The van der Waals surface area contributed by atoms with Crippen LogP contribution in [0.5, 0.6) is 0 Å². The first-order valence-corrected chi connectivity index (χ1v) is 10.6. The topological polar surface area (TPSA) is 51.4 Å². The van der Waals surface area contributed by atoms with Crippen LogP contribution < -0.4 is 15.8 Å². The molecule has 0 aliphatic carbocycles. The standard InChI is InChI=1S/C23H26F2N4O2/c1-27-21-18(4-3-5-19(21)29(31-2)22(27)30)16-6-7-17-13-28(11-9-15(17)12-16)20-8-10-26-14-23(20,24)25/h3-7,12,20,26H,8-11,13-14H2,1-2H3. The van der Waals surface area contributed by atoms with Crippen LogP contribution in [0.2, 0.25) is 0 Å². The molecule has 0 bridgehead atoms. The van der Waals surface area contributed by atoms with Gasteiger partial charge in [-0.05, 0) is 42.1 Å². The third kappa shape index (κ3) is 3.25. The third-order valence-electron chi connectivity index (χ3n) is 6.65. The van der Waals surface area contributed by atoms with Gasteiger partial charge < -0.3 is 10.2 Å². The molecule has 3 aromatic rings. The van der Waals surface area contributed by atoms with Crippen LogP contribution in [0.3, 0.4) is 0 Å². The Morgan fingerprint density at radius 2 is 2.03 bits per heavy atom. The molecular formula is C23H26F2N4O2. The van der Waals surface area contributed by atoms with Crippen molar-refractivity contribution in [1.82, 2.24) is 19.5 Å². The SMILES string of the molecule is COn1c(=O)n(C)c2c(-c3ccc4c(c3)CCN(C3CCNCC3(F)F)C4)cccc21. The molecule has 0 radical (unpaired) electrons. The maximum Gasteiger partial charge on any atom is 0.361 e. The highest BCUT2D eigenvalue weighted by molar-refractivity contribution is 5.92. The van der Waals surface area contributed by atoms with Gasteiger partial charge in [0, 0.05) is 25.7 Å². The van der Waals surface area contributed by atoms with Crippen molar-refractivity contribution < 1.29 is 13.6 Å². The summed E-state index contributed by atoms with van der Waals surface area (Å²) < 4.78 is 31.7. The van der Waals surface area contributed by atoms with E-state index < -0.39 is 12.0 Å². The number of rotatable bonds is 3. The minimum Gasteiger partial charge on any atom is -0.412 e. The number of nitrogens with one attached hydrogen (secondary N) is 1. The Labute approximate surface area is 179 Å². The molecule has 164 valence electrons. The molecule has 31 heavy (non-hydrogen) atoms. The number of alkyl halides is 2. The number of nitrogens with zero attached hydrogens (tertiary/aromatic N) is 3. The average molecular weight is 428 g/mol. The molecule has 1 saturated heterocycles. The molecule has 6 nitrogen and oxygen atoms in total. The fraction of sp³-hybridized carbons (Fsp3) is 0.435. The van der Waals surface area contributed by atoms with Crippen LogP contribution in [0, 0.1) is 0 Å². The van der Waals surface area contributed by atoms with Crippen molar-refractivity contribution in [3.05, 3.63) is 58.0 Å². The van der Waals surface area contributed by atoms with E-state index in [1.54, 1.807) is 11.6 Å². The van der Waals surface area contributed by atoms with Gasteiger partial charge in [-0.1, -0.05) is 30.3 Å². The Bertz CT molecular complexity index is 1200. The normalized spacial score (nSPS) is 21.2. The van der Waals surface area contributed by atoms with E-state index in [-0.39, 0.29) is 12.2 Å². The Kier molecular flexibility index (Phi) is 4.86. The van der Waals surface area contributed by atoms with Gasteiger partial charge in [0.1, 0.15) is 12.6 Å². The lowest BCUT2D eigenvalue weighted by Gasteiger charge is -2.42. The highest BCUT2D eigenvalue weighted by Gasteiger charge is 2.45. The smallest absolute Gasteiger partial charge is 0.361 e. The van der Waals surface area contributed by atoms with Crippen molar-refractivity contribution in [2.75, 3.05) is 26.7 Å². The third-order valence-corrected chi connectivity index (χ3v) is 6.65. The van der Waals surface area contributed by atoms with Crippen LogP contribution in [0.1, 0.15) is 17.5 Å². The second-order valence-corrected chi connectivity index (χ2v) is 8.44. The van der Waals surface area contributed by atoms with Gasteiger partial charge in [-0.15, -0.1) is 4.73 Å². The molecule has 1 N–H and O–H groups in total. The van der Waals surface area contributed by atoms with Gasteiger partial charge in [0.25, 0.3) is 5.92 Å². The van der Waals surface area contributed by atoms with Gasteiger partial charge >= 0.3 is 5.69 Å². The number of aryl methyl sites for hydroxylation is 1. The summed E-state index contributed by atoms with van der Waals surface area (Å²) in [4.78, 5) is 19.7. The molecule has 0 spiro atoms. The van der Waals surface area contributed by atoms with E-state index in [2.05, 4.69) is 11.4 Å². The first-order chi connectivity index (χ1) is 14.9. The molecule has 8 heteroatoms. The Morgan fingerprint density at radius 1 is 1.19 bits per heavy atom. The maximum absolute atomic E-state index is 14.4. The van der Waals surface area contributed by atoms with Gasteiger partial charge in [0.2, 0.25) is 0 Å². The molecule has 1 aromatic heterocycles. The lowest BCUT2D eigenvalue weighted by atomic mass is 9.91. The molecule has 0 amide bonds. The second kappa shape index (κ2) is 7.46. The molecule has 5 rings (SSSR count). The zero-order chi connectivity index (χ0) is 21.8. The van der Waals surface area contributed by atoms with E-state index in [0.29, 0.717) is 31.6 Å². The Hall–Kier alpha value is -2.71. The lowest BCUT2D eigenvalue weighted by Crippen LogP contribution is -2.58. The molecule has 3 heterocycles. The van der Waals surface area contributed by atoms with Crippen molar-refractivity contribution in [2.24, 2.45) is 7.05 Å². The lowest BCUT2D eigenvalue weighted by molar-refractivity contribution is -0.0990. The number of benzene rings is 2. The number of para-hydroxylation sites is 1. The van der Waals surface area contributed by atoms with Crippen LogP contribution >= 0.6 is 0 Å². The highest BCUT2D eigenvalue weighted by atomic mass is 19.3. The Balaban J connectivity index is 1.50. The Morgan fingerprint density at radius 3 is 2.81 bits per heavy atom. The van der Waals surface area contributed by atoms with Crippen molar-refractivity contribution in [3.8, 4) is 11.1 Å². The summed E-state index contributed by atoms with van der Waals surface area (Å²) in [6.07, 6.45) is 1.20. The molecule has 2 aliphatic rings. The minimum absolute atomic E-state index is 0.235. The number of fused-ring (bicyclic) bond motifs is 2. The van der Waals surface area contributed by atoms with Crippen LogP contribution in [0.15, 0.2) is 41.2 Å². The molecule has 2 aromatic carbocycles. The van der Waals surface area contributed by atoms with Crippen LogP contribution in [-0.4, -0.2) is 52.9 Å². The van der Waals surface area contributed by atoms with Crippen molar-refractivity contribution in [2.45, 2.75) is 31.4 Å². The summed E-state index contributed by atoms with van der Waals surface area (Å²) in [6, 6.07) is 11.3. The monoisotopic (exact) mass is 428 g/mol. The predicted octanol–water partition coefficient (Wildman–Crippen LogP) is 2.42. The first-order valence-electron chi connectivity index (χ1n) is 10.6. The molecule has 1 atom stereocenters. The van der Waals surface area contributed by atoms with E-state index in [1.807, 2.05) is 35.2 Å². The first kappa shape index (κ1) is 20.2. The van der Waals surface area contributed by atoms with Gasteiger partial charge in [-0.3, -0.25) is 9.47 Å². The summed E-state index contributed by atoms with van der Waals surface area (Å²) in [5.74, 6) is -2.70. The number of piperidine rings is 1. The maximum atomic E-state index is 14.4. The number of halogens is 2. The number of hydrogen-bond acceptors (Lipinski definition) is 4. The summed E-state index contributed by atoms with van der Waals surface area (Å²) in [5, 5.41) is 2.81. The number of imidazole rings is 1. The number of hydrogen-bond donors (Lipinski definition) is 1. The molecule has 1 fully saturated rings. The van der Waals surface area contributed by atoms with Gasteiger partial charge in [-0.25, -0.2) is 13.6 Å². The van der Waals surface area contributed by atoms with Crippen LogP contribution in [0.4, 0.5) is 8.78 Å². The summed E-state index contributed by atoms with van der Waals surface area (Å²) in [6.45, 7) is 1.55. The summed E-state index contributed by atoms with van der Waals surface area (Å²) in [7, 11) is 3.21. The van der Waals surface area contributed by atoms with E-state index in [1.165, 1.54) is 17.4 Å². The minimum atomic E-state index is -2.70. The van der Waals surface area contributed by atoms with Gasteiger partial charge in [0.15, 0.2) is 0 Å². The molecule has 0 saturated carbocycles. The van der Waals surface area contributed by atoms with Crippen LogP contribution in [-0.2, 0) is 20.0 Å². The van der Waals surface area contributed by atoms with Crippen LogP contribution in [0.25, 0.3) is 22.2 Å². The predicted molar refractivity (Wildman–Crippen MR) is 115 cm³/mol. The van der Waals surface area contributed by atoms with E-state index in [9.17, 15) is 13.6 Å². The summed E-state index contributed by atoms with van der Waals surface area (Å²) >= 11 is 0. The highest BCUT2D eigenvalue weighted by Crippen LogP contribution is 2.34. The van der Waals surface area contributed by atoms with Gasteiger partial charge in [-0.2, -0.15) is 0 Å². The quantitative estimate of drug-likeness (QED) is 0.696. The average Bonchev–Trinajstić information content (AvgIpc) is 3.02. The van der Waals surface area contributed by atoms with E-state index >= 15 is 0 Å². The zero-order valence-electron chi connectivity index (χ0n) is 17.7. The molecular weight excluding hydrogens is 402 g/mol. The van der Waals surface area contributed by atoms with Crippen molar-refractivity contribution >= 4 is 11.0 Å². The van der Waals surface area contributed by atoms with E-state index in [4.69, 9.17) is 4.84 Å². The van der Waals surface area contributed by atoms with E-state index in [0.717, 1.165) is 28.6 Å². The molecule has 2 aliphatic heterocycles. The molecule has 1 unspecified atom stereocenters. The van der Waals surface area contributed by atoms with Crippen molar-refractivity contribution in [1.29, 1.82) is 0 Å². The second-order valence-electron chi connectivity index (χ2n) is 8.44. The summed E-state index contributed by atoms with van der Waals surface area (Å²) in [5.41, 5.74) is 5.52. The fourth-order valence-electron chi connectivity index (χ4n) is 5.07.